The molecule has 5 heteroatoms. The number of hydrogen-bond acceptors (Lipinski definition) is 5. The van der Waals surface area contributed by atoms with Crippen LogP contribution in [0.5, 0.6) is 0 Å². The van der Waals surface area contributed by atoms with Crippen LogP contribution in [0.25, 0.3) is 0 Å². The maximum Gasteiger partial charge on any atom is 0.223 e. The first-order valence-electron chi connectivity index (χ1n) is 5.86. The number of hydrogen-bond donors (Lipinski definition) is 3. The van der Waals surface area contributed by atoms with Crippen LogP contribution in [0, 0.1) is 11.3 Å². The van der Waals surface area contributed by atoms with Crippen molar-refractivity contribution in [2.45, 2.75) is 40.7 Å². The first-order chi connectivity index (χ1) is 7.70. The first kappa shape index (κ1) is 13.5. The minimum absolute atomic E-state index is 0.128. The second-order valence-corrected chi connectivity index (χ2v) is 5.77. The third-order valence-corrected chi connectivity index (χ3v) is 2.67. The van der Waals surface area contributed by atoms with Crippen molar-refractivity contribution < 1.29 is 0 Å². The molecule has 0 amide bonds. The molecule has 5 N–H and O–H groups in total. The zero-order chi connectivity index (χ0) is 13.2. The van der Waals surface area contributed by atoms with Crippen LogP contribution in [-0.4, -0.2) is 16.0 Å². The van der Waals surface area contributed by atoms with Crippen LogP contribution in [-0.2, 0) is 0 Å². The van der Waals surface area contributed by atoms with Gasteiger partial charge in [-0.25, -0.2) is 0 Å². The van der Waals surface area contributed by atoms with Crippen LogP contribution >= 0.6 is 0 Å². The Kier molecular flexibility index (Phi) is 3.80. The van der Waals surface area contributed by atoms with E-state index in [1.54, 1.807) is 6.07 Å². The van der Waals surface area contributed by atoms with Gasteiger partial charge in [0.1, 0.15) is 11.6 Å². The summed E-state index contributed by atoms with van der Waals surface area (Å²) in [5.41, 5.74) is 11.4. The van der Waals surface area contributed by atoms with Gasteiger partial charge in [-0.3, -0.25) is 0 Å². The second kappa shape index (κ2) is 4.77. The van der Waals surface area contributed by atoms with Crippen molar-refractivity contribution in [3.05, 3.63) is 6.07 Å². The summed E-state index contributed by atoms with van der Waals surface area (Å²) in [5, 5.41) is 3.39. The third kappa shape index (κ3) is 3.76. The van der Waals surface area contributed by atoms with Crippen molar-refractivity contribution in [3.8, 4) is 0 Å². The van der Waals surface area contributed by atoms with E-state index in [4.69, 9.17) is 11.5 Å². The van der Waals surface area contributed by atoms with Gasteiger partial charge in [0.25, 0.3) is 0 Å². The Morgan fingerprint density at radius 2 is 1.76 bits per heavy atom. The molecular formula is C12H23N5. The number of nitrogens with two attached hydrogens (primary N) is 2. The van der Waals surface area contributed by atoms with E-state index in [9.17, 15) is 0 Å². The van der Waals surface area contributed by atoms with Crippen molar-refractivity contribution >= 4 is 17.6 Å². The molecule has 0 spiro atoms. The Bertz CT molecular complexity index is 361. The lowest BCUT2D eigenvalue weighted by molar-refractivity contribution is 0.280. The summed E-state index contributed by atoms with van der Waals surface area (Å²) in [4.78, 5) is 8.00. The fourth-order valence-corrected chi connectivity index (χ4v) is 2.10. The Morgan fingerprint density at radius 1 is 1.18 bits per heavy atom. The van der Waals surface area contributed by atoms with E-state index in [1.165, 1.54) is 0 Å². The molecule has 0 aliphatic rings. The summed E-state index contributed by atoms with van der Waals surface area (Å²) >= 11 is 0. The Morgan fingerprint density at radius 3 is 2.18 bits per heavy atom. The van der Waals surface area contributed by atoms with Gasteiger partial charge in [-0.15, -0.1) is 0 Å². The van der Waals surface area contributed by atoms with Gasteiger partial charge >= 0.3 is 0 Å². The molecule has 17 heavy (non-hydrogen) atoms. The van der Waals surface area contributed by atoms with Gasteiger partial charge in [0.15, 0.2) is 0 Å². The fourth-order valence-electron chi connectivity index (χ4n) is 2.10. The quantitative estimate of drug-likeness (QED) is 0.749. The number of nitrogens with one attached hydrogen (secondary N) is 1. The maximum atomic E-state index is 5.65. The van der Waals surface area contributed by atoms with Crippen molar-refractivity contribution in [2.24, 2.45) is 11.3 Å². The van der Waals surface area contributed by atoms with E-state index in [0.717, 1.165) is 0 Å². The van der Waals surface area contributed by atoms with Crippen LogP contribution < -0.4 is 16.8 Å². The van der Waals surface area contributed by atoms with E-state index in [2.05, 4.69) is 49.9 Å². The van der Waals surface area contributed by atoms with Crippen LogP contribution in [0.4, 0.5) is 17.6 Å². The zero-order valence-electron chi connectivity index (χ0n) is 11.3. The average molecular weight is 237 g/mol. The lowest BCUT2D eigenvalue weighted by atomic mass is 9.80. The van der Waals surface area contributed by atoms with E-state index in [-0.39, 0.29) is 17.4 Å². The summed E-state index contributed by atoms with van der Waals surface area (Å²) in [6, 6.07) is 1.99. The highest BCUT2D eigenvalue weighted by Gasteiger charge is 2.27. The van der Waals surface area contributed by atoms with E-state index >= 15 is 0 Å². The molecular weight excluding hydrogens is 214 g/mol. The molecule has 0 saturated heterocycles. The highest BCUT2D eigenvalue weighted by Crippen LogP contribution is 2.28. The number of nitrogen functional groups attached to an aromatic ring is 2. The minimum Gasteiger partial charge on any atom is -0.383 e. The number of aromatic nitrogens is 2. The number of anilines is 3. The van der Waals surface area contributed by atoms with Gasteiger partial charge in [-0.05, 0) is 11.3 Å². The van der Waals surface area contributed by atoms with Gasteiger partial charge in [0, 0.05) is 12.1 Å². The second-order valence-electron chi connectivity index (χ2n) is 5.77. The SMILES string of the molecule is CC(C)[C@@H](Nc1cc(N)nc(N)n1)C(C)(C)C. The van der Waals surface area contributed by atoms with Crippen molar-refractivity contribution in [1.29, 1.82) is 0 Å². The van der Waals surface area contributed by atoms with E-state index < -0.39 is 0 Å². The van der Waals surface area contributed by atoms with Gasteiger partial charge in [0.05, 0.1) is 0 Å². The molecule has 0 aromatic carbocycles. The molecule has 5 nitrogen and oxygen atoms in total. The monoisotopic (exact) mass is 237 g/mol. The standard InChI is InChI=1S/C12H23N5/c1-7(2)10(12(3,4)5)16-9-6-8(13)15-11(14)17-9/h6-7,10H,1-5H3,(H5,13,14,15,16,17)/t10-/m1/s1. The molecule has 0 bridgehead atoms. The van der Waals surface area contributed by atoms with Gasteiger partial charge < -0.3 is 16.8 Å². The third-order valence-electron chi connectivity index (χ3n) is 2.67. The molecule has 1 aromatic rings. The largest absolute Gasteiger partial charge is 0.383 e. The molecule has 0 aliphatic heterocycles. The highest BCUT2D eigenvalue weighted by atomic mass is 15.1. The lowest BCUT2D eigenvalue weighted by Gasteiger charge is -2.35. The zero-order valence-corrected chi connectivity index (χ0v) is 11.3. The van der Waals surface area contributed by atoms with E-state index in [0.29, 0.717) is 17.6 Å². The molecule has 0 saturated carbocycles. The number of rotatable bonds is 3. The summed E-state index contributed by atoms with van der Waals surface area (Å²) < 4.78 is 0. The molecule has 0 fully saturated rings. The van der Waals surface area contributed by atoms with Crippen LogP contribution in [0.3, 0.4) is 0 Å². The molecule has 1 rings (SSSR count). The van der Waals surface area contributed by atoms with Crippen molar-refractivity contribution in [3.63, 3.8) is 0 Å². The Balaban J connectivity index is 2.94. The summed E-state index contributed by atoms with van der Waals surface area (Å²) in [5.74, 6) is 1.75. The highest BCUT2D eigenvalue weighted by molar-refractivity contribution is 5.49. The normalized spacial score (nSPS) is 13.8. The first-order valence-corrected chi connectivity index (χ1v) is 5.86. The summed E-state index contributed by atoms with van der Waals surface area (Å²) in [6.07, 6.45) is 0. The average Bonchev–Trinajstić information content (AvgIpc) is 2.10. The lowest BCUT2D eigenvalue weighted by Crippen LogP contribution is -2.38. The molecule has 0 unspecified atom stereocenters. The van der Waals surface area contributed by atoms with Crippen LogP contribution in [0.2, 0.25) is 0 Å². The van der Waals surface area contributed by atoms with Crippen molar-refractivity contribution in [2.75, 3.05) is 16.8 Å². The maximum absolute atomic E-state index is 5.65. The fraction of sp³-hybridized carbons (Fsp3) is 0.667. The van der Waals surface area contributed by atoms with E-state index in [1.807, 2.05) is 0 Å². The van der Waals surface area contributed by atoms with Gasteiger partial charge in [-0.2, -0.15) is 9.97 Å². The van der Waals surface area contributed by atoms with Crippen molar-refractivity contribution in [1.82, 2.24) is 9.97 Å². The Hall–Kier alpha value is -1.52. The summed E-state index contributed by atoms with van der Waals surface area (Å²) in [7, 11) is 0. The molecule has 1 aromatic heterocycles. The minimum atomic E-state index is 0.128. The van der Waals surface area contributed by atoms with Gasteiger partial charge in [0.2, 0.25) is 5.95 Å². The predicted molar refractivity (Wildman–Crippen MR) is 72.6 cm³/mol. The smallest absolute Gasteiger partial charge is 0.223 e. The van der Waals surface area contributed by atoms with Crippen LogP contribution in [0.15, 0.2) is 6.07 Å². The van der Waals surface area contributed by atoms with Gasteiger partial charge in [-0.1, -0.05) is 34.6 Å². The van der Waals surface area contributed by atoms with Crippen LogP contribution in [0.1, 0.15) is 34.6 Å². The Labute approximate surface area is 103 Å². The predicted octanol–water partition coefficient (Wildman–Crippen LogP) is 2.12. The summed E-state index contributed by atoms with van der Waals surface area (Å²) in [6.45, 7) is 10.9. The number of nitrogens with zero attached hydrogens (tertiary/aromatic N) is 2. The molecule has 0 aliphatic carbocycles. The molecule has 1 atom stereocenters. The topological polar surface area (TPSA) is 89.8 Å². The molecule has 0 radical (unpaired) electrons. The molecule has 96 valence electrons. The molecule has 1 heterocycles.